The van der Waals surface area contributed by atoms with E-state index in [2.05, 4.69) is 36.4 Å². The van der Waals surface area contributed by atoms with E-state index in [0.29, 0.717) is 27.5 Å². The van der Waals surface area contributed by atoms with E-state index < -0.39 is 5.25 Å². The smallest absolute Gasteiger partial charge is 0.240 e. The Balaban J connectivity index is 0.000000208. The molecule has 41 heavy (non-hydrogen) atoms. The molecule has 2 atom stereocenters. The number of carbonyl (C=O) groups is 3. The standard InChI is InChI=1S/C17H16N4O3S.C10H11N3O2S/c1-11-4-6-12(7-5-11)19-15(22)9-14-16(23)20-17(25-14)21-18-10-13-3-2-8-24-13;1-2-8-9(14)12-10(16-8)13-11-6-7-4-3-5-15-7/h2-8,10,14H,9H2,1H3,(H,19,22)(H,20,21,23);3-6,8H,2H2,1H3,(H,12,13,14)/b18-10-;11-6-. The van der Waals surface area contributed by atoms with Crippen LogP contribution in [0.5, 0.6) is 0 Å². The van der Waals surface area contributed by atoms with Gasteiger partial charge in [0.15, 0.2) is 10.3 Å². The number of furan rings is 2. The second kappa shape index (κ2) is 14.8. The molecule has 2 aliphatic heterocycles. The Bertz CT molecular complexity index is 1450. The van der Waals surface area contributed by atoms with Crippen molar-refractivity contribution < 1.29 is 23.2 Å². The van der Waals surface area contributed by atoms with Crippen molar-refractivity contribution in [2.75, 3.05) is 5.32 Å². The van der Waals surface area contributed by atoms with Gasteiger partial charge in [0.25, 0.3) is 0 Å². The number of hydrogen-bond donors (Lipinski definition) is 3. The minimum absolute atomic E-state index is 0.000511. The Labute approximate surface area is 244 Å². The van der Waals surface area contributed by atoms with Gasteiger partial charge in [-0.3, -0.25) is 14.4 Å². The summed E-state index contributed by atoms with van der Waals surface area (Å²) >= 11 is 2.58. The largest absolute Gasteiger partial charge is 0.463 e. The maximum atomic E-state index is 12.1. The first-order chi connectivity index (χ1) is 19.9. The number of aryl methyl sites for hydroxylation is 1. The van der Waals surface area contributed by atoms with Crippen LogP contribution in [0.4, 0.5) is 5.69 Å². The monoisotopic (exact) mass is 593 g/mol. The summed E-state index contributed by atoms with van der Waals surface area (Å²) < 4.78 is 10.1. The molecule has 0 saturated carbocycles. The lowest BCUT2D eigenvalue weighted by atomic mass is 10.2. The highest BCUT2D eigenvalue weighted by molar-refractivity contribution is 8.15. The predicted octanol–water partition coefficient (Wildman–Crippen LogP) is 4.15. The van der Waals surface area contributed by atoms with Crippen LogP contribution in [0.3, 0.4) is 0 Å². The number of rotatable bonds is 8. The van der Waals surface area contributed by atoms with Gasteiger partial charge in [0.1, 0.15) is 16.8 Å². The molecule has 0 spiro atoms. The first kappa shape index (κ1) is 29.6. The van der Waals surface area contributed by atoms with Gasteiger partial charge in [-0.05, 0) is 49.7 Å². The van der Waals surface area contributed by atoms with Crippen LogP contribution >= 0.6 is 23.5 Å². The van der Waals surface area contributed by atoms with Crippen molar-refractivity contribution in [3.8, 4) is 0 Å². The summed E-state index contributed by atoms with van der Waals surface area (Å²) in [4.78, 5) is 35.4. The third kappa shape index (κ3) is 9.32. The molecule has 0 bridgehead atoms. The lowest BCUT2D eigenvalue weighted by Crippen LogP contribution is -2.28. The molecule has 0 aliphatic carbocycles. The van der Waals surface area contributed by atoms with Gasteiger partial charge < -0.3 is 24.8 Å². The topological polar surface area (TPSA) is 163 Å². The maximum Gasteiger partial charge on any atom is 0.240 e. The zero-order chi connectivity index (χ0) is 29.0. The number of carbonyl (C=O) groups excluding carboxylic acids is 3. The summed E-state index contributed by atoms with van der Waals surface area (Å²) in [5.41, 5.74) is 1.82. The van der Waals surface area contributed by atoms with E-state index in [1.54, 1.807) is 30.5 Å². The predicted molar refractivity (Wildman–Crippen MR) is 161 cm³/mol. The Hall–Kier alpha value is -4.43. The summed E-state index contributed by atoms with van der Waals surface area (Å²) in [6.45, 7) is 3.94. The quantitative estimate of drug-likeness (QED) is 0.261. The highest BCUT2D eigenvalue weighted by Crippen LogP contribution is 2.23. The van der Waals surface area contributed by atoms with Crippen molar-refractivity contribution in [3.63, 3.8) is 0 Å². The molecule has 2 aromatic heterocycles. The summed E-state index contributed by atoms with van der Waals surface area (Å²) in [6, 6.07) is 14.5. The van der Waals surface area contributed by atoms with Crippen LogP contribution in [-0.4, -0.2) is 51.0 Å². The minimum Gasteiger partial charge on any atom is -0.463 e. The van der Waals surface area contributed by atoms with E-state index >= 15 is 0 Å². The van der Waals surface area contributed by atoms with Gasteiger partial charge in [0.2, 0.25) is 17.7 Å². The molecular weight excluding hydrogens is 566 g/mol. The molecule has 2 saturated heterocycles. The van der Waals surface area contributed by atoms with E-state index in [0.717, 1.165) is 12.0 Å². The fraction of sp³-hybridized carbons (Fsp3) is 0.222. The fourth-order valence-corrected chi connectivity index (χ4v) is 5.11. The molecule has 4 heterocycles. The first-order valence-corrected chi connectivity index (χ1v) is 14.3. The van der Waals surface area contributed by atoms with Gasteiger partial charge in [-0.15, -0.1) is 10.2 Å². The molecule has 212 valence electrons. The zero-order valence-corrected chi connectivity index (χ0v) is 23.8. The Morgan fingerprint density at radius 1 is 0.878 bits per heavy atom. The van der Waals surface area contributed by atoms with Crippen molar-refractivity contribution >= 4 is 69.7 Å². The highest BCUT2D eigenvalue weighted by atomic mass is 32.2. The van der Waals surface area contributed by atoms with Crippen molar-refractivity contribution in [1.82, 2.24) is 10.6 Å². The molecular formula is C27H27N7O5S2. The van der Waals surface area contributed by atoms with Crippen LogP contribution in [0.25, 0.3) is 0 Å². The second-order valence-corrected chi connectivity index (χ2v) is 10.9. The number of hydrogen-bond acceptors (Lipinski definition) is 11. The van der Waals surface area contributed by atoms with Crippen LogP contribution in [0.1, 0.15) is 36.8 Å². The van der Waals surface area contributed by atoms with E-state index in [1.165, 1.54) is 42.2 Å². The fourth-order valence-electron chi connectivity index (χ4n) is 3.33. The molecule has 2 fully saturated rings. The van der Waals surface area contributed by atoms with E-state index in [1.807, 2.05) is 38.1 Å². The normalized spacial score (nSPS) is 20.4. The molecule has 3 aromatic rings. The molecule has 3 amide bonds. The van der Waals surface area contributed by atoms with Crippen LogP contribution in [0.2, 0.25) is 0 Å². The SMILES string of the molecule is CCC1S/C(=N/N=C\c2ccco2)NC1=O.Cc1ccc(NC(=O)CC2S/C(=N/N=C\c3ccco3)NC2=O)cc1. The van der Waals surface area contributed by atoms with E-state index in [-0.39, 0.29) is 29.4 Å². The van der Waals surface area contributed by atoms with Crippen LogP contribution in [0.15, 0.2) is 90.3 Å². The van der Waals surface area contributed by atoms with Gasteiger partial charge in [-0.1, -0.05) is 48.1 Å². The van der Waals surface area contributed by atoms with E-state index in [9.17, 15) is 14.4 Å². The summed E-state index contributed by atoms with van der Waals surface area (Å²) in [7, 11) is 0. The lowest BCUT2D eigenvalue weighted by Gasteiger charge is -2.07. The van der Waals surface area contributed by atoms with Gasteiger partial charge in [-0.25, -0.2) is 0 Å². The number of nitrogens with zero attached hydrogens (tertiary/aromatic N) is 4. The molecule has 5 rings (SSSR count). The van der Waals surface area contributed by atoms with Crippen LogP contribution in [0, 0.1) is 6.92 Å². The minimum atomic E-state index is -0.525. The first-order valence-electron chi connectivity index (χ1n) is 12.5. The third-order valence-corrected chi connectivity index (χ3v) is 7.69. The molecule has 2 aliphatic rings. The molecule has 14 heteroatoms. The number of benzene rings is 1. The average molecular weight is 594 g/mol. The number of anilines is 1. The Morgan fingerprint density at radius 3 is 1.90 bits per heavy atom. The lowest BCUT2D eigenvalue weighted by molar-refractivity contribution is -0.122. The van der Waals surface area contributed by atoms with Crippen molar-refractivity contribution in [1.29, 1.82) is 0 Å². The highest BCUT2D eigenvalue weighted by Gasteiger charge is 2.32. The average Bonchev–Trinajstić information content (AvgIpc) is 3.76. The van der Waals surface area contributed by atoms with Gasteiger partial charge in [0.05, 0.1) is 30.2 Å². The number of nitrogens with one attached hydrogen (secondary N) is 3. The van der Waals surface area contributed by atoms with Crippen LogP contribution < -0.4 is 16.0 Å². The zero-order valence-electron chi connectivity index (χ0n) is 22.1. The van der Waals surface area contributed by atoms with Crippen molar-refractivity contribution in [2.24, 2.45) is 20.4 Å². The van der Waals surface area contributed by atoms with Gasteiger partial charge >= 0.3 is 0 Å². The molecule has 12 nitrogen and oxygen atoms in total. The second-order valence-electron chi connectivity index (χ2n) is 8.55. The number of thioether (sulfide) groups is 2. The summed E-state index contributed by atoms with van der Waals surface area (Å²) in [6.07, 6.45) is 6.88. The van der Waals surface area contributed by atoms with E-state index in [4.69, 9.17) is 8.83 Å². The summed E-state index contributed by atoms with van der Waals surface area (Å²) in [5.74, 6) is 0.714. The molecule has 1 aromatic carbocycles. The Kier molecular flexibility index (Phi) is 10.7. The van der Waals surface area contributed by atoms with Gasteiger partial charge in [-0.2, -0.15) is 10.2 Å². The van der Waals surface area contributed by atoms with Crippen molar-refractivity contribution in [2.45, 2.75) is 37.2 Å². The third-order valence-electron chi connectivity index (χ3n) is 5.38. The maximum absolute atomic E-state index is 12.1. The van der Waals surface area contributed by atoms with Crippen molar-refractivity contribution in [3.05, 3.63) is 78.1 Å². The molecule has 3 N–H and O–H groups in total. The Morgan fingerprint density at radius 2 is 1.41 bits per heavy atom. The van der Waals surface area contributed by atoms with Gasteiger partial charge in [0, 0.05) is 12.1 Å². The molecule has 0 radical (unpaired) electrons. The molecule has 2 unspecified atom stereocenters. The summed E-state index contributed by atoms with van der Waals surface area (Å²) in [5, 5.41) is 23.9. The number of amides is 3. The number of amidine groups is 2. The van der Waals surface area contributed by atoms with Crippen LogP contribution in [-0.2, 0) is 14.4 Å².